The normalized spacial score (nSPS) is 10.2. The molecule has 3 rings (SSSR count). The van der Waals surface area contributed by atoms with Gasteiger partial charge in [-0.1, -0.05) is 48.5 Å². The first kappa shape index (κ1) is 17.8. The molecule has 9 nitrogen and oxygen atoms in total. The Kier molecular flexibility index (Phi) is 5.22. The molecular formula is C18H15N5O4. The average Bonchev–Trinajstić information content (AvgIpc) is 3.17. The zero-order chi connectivity index (χ0) is 19.2. The van der Waals surface area contributed by atoms with E-state index < -0.39 is 16.7 Å². The van der Waals surface area contributed by atoms with Crippen LogP contribution in [0.15, 0.2) is 60.7 Å². The Balaban J connectivity index is 1.59. The van der Waals surface area contributed by atoms with Gasteiger partial charge in [-0.2, -0.15) is 5.10 Å². The molecule has 0 radical (unpaired) electrons. The molecule has 0 saturated heterocycles. The standard InChI is InChI=1S/C18H15N5O4/c24-17(10-13-8-4-5-9-16(13)23(26)27)21-22-18(25)15-11-14(19-20-15)12-6-2-1-3-7-12/h1-9,11H,10H2,(H,19,20)(H,21,24)(H,22,25). The molecule has 2 amide bonds. The summed E-state index contributed by atoms with van der Waals surface area (Å²) in [6.45, 7) is 0. The quantitative estimate of drug-likeness (QED) is 0.470. The molecule has 3 N–H and O–H groups in total. The first-order valence-corrected chi connectivity index (χ1v) is 7.97. The van der Waals surface area contributed by atoms with Crippen LogP contribution in [0.3, 0.4) is 0 Å². The van der Waals surface area contributed by atoms with Crippen molar-refractivity contribution in [1.82, 2.24) is 21.0 Å². The molecule has 0 unspecified atom stereocenters. The zero-order valence-electron chi connectivity index (χ0n) is 14.0. The van der Waals surface area contributed by atoms with E-state index in [1.54, 1.807) is 12.1 Å². The van der Waals surface area contributed by atoms with Crippen molar-refractivity contribution < 1.29 is 14.5 Å². The summed E-state index contributed by atoms with van der Waals surface area (Å²) in [6, 6.07) is 16.8. The van der Waals surface area contributed by atoms with Crippen LogP contribution in [0.1, 0.15) is 16.1 Å². The SMILES string of the molecule is O=C(Cc1ccccc1[N+](=O)[O-])NNC(=O)c1cc(-c2ccccc2)n[nH]1. The molecular weight excluding hydrogens is 350 g/mol. The fourth-order valence-corrected chi connectivity index (χ4v) is 2.44. The molecule has 3 aromatic rings. The molecule has 1 heterocycles. The Morgan fingerprint density at radius 1 is 1.04 bits per heavy atom. The predicted molar refractivity (Wildman–Crippen MR) is 96.4 cm³/mol. The molecule has 0 atom stereocenters. The fraction of sp³-hybridized carbons (Fsp3) is 0.0556. The lowest BCUT2D eigenvalue weighted by Crippen LogP contribution is -2.42. The number of nitrogens with one attached hydrogen (secondary N) is 3. The summed E-state index contributed by atoms with van der Waals surface area (Å²) < 4.78 is 0. The Hall–Kier alpha value is -4.01. The number of rotatable bonds is 5. The van der Waals surface area contributed by atoms with Crippen LogP contribution in [-0.2, 0) is 11.2 Å². The van der Waals surface area contributed by atoms with Crippen LogP contribution in [0.2, 0.25) is 0 Å². The smallest absolute Gasteiger partial charge is 0.273 e. The van der Waals surface area contributed by atoms with Gasteiger partial charge in [0.05, 0.1) is 17.0 Å². The maximum Gasteiger partial charge on any atom is 0.287 e. The second-order valence-electron chi connectivity index (χ2n) is 5.60. The molecule has 0 aliphatic heterocycles. The van der Waals surface area contributed by atoms with Crippen molar-refractivity contribution in [2.75, 3.05) is 0 Å². The number of H-pyrrole nitrogens is 1. The van der Waals surface area contributed by atoms with Gasteiger partial charge in [-0.25, -0.2) is 0 Å². The maximum atomic E-state index is 12.1. The van der Waals surface area contributed by atoms with Gasteiger partial charge in [0, 0.05) is 17.2 Å². The van der Waals surface area contributed by atoms with Crippen molar-refractivity contribution in [1.29, 1.82) is 0 Å². The van der Waals surface area contributed by atoms with E-state index in [2.05, 4.69) is 21.0 Å². The van der Waals surface area contributed by atoms with E-state index in [9.17, 15) is 19.7 Å². The van der Waals surface area contributed by atoms with Crippen molar-refractivity contribution >= 4 is 17.5 Å². The first-order chi connectivity index (χ1) is 13.0. The molecule has 0 fully saturated rings. The first-order valence-electron chi connectivity index (χ1n) is 7.97. The number of carbonyl (C=O) groups excluding carboxylic acids is 2. The molecule has 9 heteroatoms. The molecule has 2 aromatic carbocycles. The third-order valence-corrected chi connectivity index (χ3v) is 3.75. The highest BCUT2D eigenvalue weighted by atomic mass is 16.6. The molecule has 27 heavy (non-hydrogen) atoms. The molecule has 0 saturated carbocycles. The van der Waals surface area contributed by atoms with Gasteiger partial charge in [-0.15, -0.1) is 0 Å². The van der Waals surface area contributed by atoms with E-state index in [1.807, 2.05) is 30.3 Å². The highest BCUT2D eigenvalue weighted by Crippen LogP contribution is 2.18. The fourth-order valence-electron chi connectivity index (χ4n) is 2.44. The summed E-state index contributed by atoms with van der Waals surface area (Å²) in [7, 11) is 0. The van der Waals surface area contributed by atoms with Gasteiger partial charge < -0.3 is 0 Å². The summed E-state index contributed by atoms with van der Waals surface area (Å²) in [5, 5.41) is 17.6. The van der Waals surface area contributed by atoms with Gasteiger partial charge >= 0.3 is 0 Å². The van der Waals surface area contributed by atoms with Crippen LogP contribution in [0, 0.1) is 10.1 Å². The van der Waals surface area contributed by atoms with Gasteiger partial charge in [-0.3, -0.25) is 35.7 Å². The van der Waals surface area contributed by atoms with E-state index >= 15 is 0 Å². The third kappa shape index (κ3) is 4.34. The van der Waals surface area contributed by atoms with Crippen LogP contribution in [-0.4, -0.2) is 26.9 Å². The number of hydrogen-bond donors (Lipinski definition) is 3. The zero-order valence-corrected chi connectivity index (χ0v) is 14.0. The second-order valence-corrected chi connectivity index (χ2v) is 5.60. The van der Waals surface area contributed by atoms with Gasteiger partial charge in [0.25, 0.3) is 11.6 Å². The number of nitro groups is 1. The van der Waals surface area contributed by atoms with E-state index in [1.165, 1.54) is 18.2 Å². The maximum absolute atomic E-state index is 12.1. The number of carbonyl (C=O) groups is 2. The minimum atomic E-state index is -0.583. The van der Waals surface area contributed by atoms with E-state index in [0.717, 1.165) is 5.56 Å². The number of hydrogen-bond acceptors (Lipinski definition) is 5. The summed E-state index contributed by atoms with van der Waals surface area (Å²) in [6.07, 6.45) is -0.240. The van der Waals surface area contributed by atoms with Crippen LogP contribution in [0.25, 0.3) is 11.3 Å². The number of aromatic nitrogens is 2. The number of aromatic amines is 1. The lowest BCUT2D eigenvalue weighted by atomic mass is 10.1. The Labute approximate surface area is 153 Å². The molecule has 0 bridgehead atoms. The molecule has 1 aromatic heterocycles. The van der Waals surface area contributed by atoms with E-state index in [0.29, 0.717) is 5.69 Å². The summed E-state index contributed by atoms with van der Waals surface area (Å²) in [4.78, 5) is 34.5. The molecule has 0 aliphatic carbocycles. The molecule has 0 spiro atoms. The minimum absolute atomic E-state index is 0.153. The van der Waals surface area contributed by atoms with Crippen LogP contribution in [0.4, 0.5) is 5.69 Å². The number of hydrazine groups is 1. The largest absolute Gasteiger partial charge is 0.287 e. The number of para-hydroxylation sites is 1. The van der Waals surface area contributed by atoms with Crippen molar-refractivity contribution in [3.8, 4) is 11.3 Å². The van der Waals surface area contributed by atoms with E-state index in [4.69, 9.17) is 0 Å². The Morgan fingerprint density at radius 3 is 2.48 bits per heavy atom. The van der Waals surface area contributed by atoms with Crippen molar-refractivity contribution in [3.05, 3.63) is 82.0 Å². The number of nitro benzene ring substituents is 1. The minimum Gasteiger partial charge on any atom is -0.273 e. The lowest BCUT2D eigenvalue weighted by Gasteiger charge is -2.06. The summed E-state index contributed by atoms with van der Waals surface area (Å²) >= 11 is 0. The number of nitrogens with zero attached hydrogens (tertiary/aromatic N) is 2. The third-order valence-electron chi connectivity index (χ3n) is 3.75. The van der Waals surface area contributed by atoms with Crippen LogP contribution < -0.4 is 10.9 Å². The number of amides is 2. The van der Waals surface area contributed by atoms with Crippen molar-refractivity contribution in [3.63, 3.8) is 0 Å². The lowest BCUT2D eigenvalue weighted by molar-refractivity contribution is -0.385. The van der Waals surface area contributed by atoms with Gasteiger partial charge in [-0.05, 0) is 6.07 Å². The van der Waals surface area contributed by atoms with Gasteiger partial charge in [0.2, 0.25) is 5.91 Å². The van der Waals surface area contributed by atoms with Crippen LogP contribution >= 0.6 is 0 Å². The summed E-state index contributed by atoms with van der Waals surface area (Å²) in [5.41, 5.74) is 6.19. The van der Waals surface area contributed by atoms with Gasteiger partial charge in [0.1, 0.15) is 5.69 Å². The van der Waals surface area contributed by atoms with Crippen molar-refractivity contribution in [2.45, 2.75) is 6.42 Å². The monoisotopic (exact) mass is 365 g/mol. The Bertz CT molecular complexity index is 984. The highest BCUT2D eigenvalue weighted by Gasteiger charge is 2.16. The summed E-state index contributed by atoms with van der Waals surface area (Å²) in [5.74, 6) is -1.17. The van der Waals surface area contributed by atoms with Crippen molar-refractivity contribution in [2.24, 2.45) is 0 Å². The molecule has 136 valence electrons. The highest BCUT2D eigenvalue weighted by molar-refractivity contribution is 5.94. The topological polar surface area (TPSA) is 130 Å². The molecule has 0 aliphatic rings. The van der Waals surface area contributed by atoms with E-state index in [-0.39, 0.29) is 23.4 Å². The predicted octanol–water partition coefficient (Wildman–Crippen LogP) is 1.99. The second kappa shape index (κ2) is 7.91. The Morgan fingerprint density at radius 2 is 1.74 bits per heavy atom. The van der Waals surface area contributed by atoms with Gasteiger partial charge in [0.15, 0.2) is 0 Å². The van der Waals surface area contributed by atoms with Crippen LogP contribution in [0.5, 0.6) is 0 Å². The number of benzene rings is 2. The average molecular weight is 365 g/mol.